The molecular formula is C24H27ClF2N4O3. The van der Waals surface area contributed by atoms with Crippen molar-refractivity contribution in [3.05, 3.63) is 71.3 Å². The van der Waals surface area contributed by atoms with Crippen LogP contribution in [0.4, 0.5) is 8.78 Å². The lowest BCUT2D eigenvalue weighted by Crippen LogP contribution is -2.66. The maximum absolute atomic E-state index is 14.3. The van der Waals surface area contributed by atoms with E-state index in [1.807, 2.05) is 0 Å². The van der Waals surface area contributed by atoms with Crippen molar-refractivity contribution in [3.63, 3.8) is 0 Å². The largest absolute Gasteiger partial charge is 0.434 e. The van der Waals surface area contributed by atoms with E-state index in [2.05, 4.69) is 16.0 Å². The first-order valence-corrected chi connectivity index (χ1v) is 11.2. The molecule has 3 fully saturated rings. The molecule has 2 aromatic rings. The first-order chi connectivity index (χ1) is 16.0. The number of hydrogen-bond donors (Lipinski definition) is 3. The van der Waals surface area contributed by atoms with Gasteiger partial charge in [0.25, 0.3) is 0 Å². The molecule has 2 aliphatic heterocycles. The standard InChI is InChI=1S/C24H26F2N4O3.ClH/c25-17-5-1-3-15(11-17)24(16-4-2-6-18(26)12-16)30-20(13-27-14-21(30)23(32)33-24)22(31)29-10-9-28-19-7-8-19;/h1-6,11-12,19-21,27-28H,7-10,13-14H2,(H,29,31);1H. The number of hydrogen-bond acceptors (Lipinski definition) is 6. The van der Waals surface area contributed by atoms with Crippen LogP contribution < -0.4 is 16.0 Å². The zero-order valence-electron chi connectivity index (χ0n) is 18.4. The van der Waals surface area contributed by atoms with E-state index in [0.717, 1.165) is 12.8 Å². The number of rotatable bonds is 7. The summed E-state index contributed by atoms with van der Waals surface area (Å²) < 4.78 is 34.6. The third-order valence-electron chi connectivity index (χ3n) is 6.40. The number of halogens is 3. The van der Waals surface area contributed by atoms with Crippen molar-refractivity contribution in [2.75, 3.05) is 26.2 Å². The average Bonchev–Trinajstić information content (AvgIpc) is 3.59. The molecule has 0 aromatic heterocycles. The topological polar surface area (TPSA) is 82.7 Å². The van der Waals surface area contributed by atoms with E-state index in [1.165, 1.54) is 36.4 Å². The molecule has 7 nitrogen and oxygen atoms in total. The summed E-state index contributed by atoms with van der Waals surface area (Å²) in [6.07, 6.45) is 2.30. The molecule has 2 atom stereocenters. The van der Waals surface area contributed by atoms with E-state index in [9.17, 15) is 18.4 Å². The van der Waals surface area contributed by atoms with Gasteiger partial charge in [0, 0.05) is 43.3 Å². The van der Waals surface area contributed by atoms with Crippen LogP contribution in [-0.2, 0) is 20.1 Å². The molecule has 5 rings (SSSR count). The summed E-state index contributed by atoms with van der Waals surface area (Å²) in [6.45, 7) is 1.61. The fourth-order valence-corrected chi connectivity index (χ4v) is 4.74. The Morgan fingerprint density at radius 1 is 1.06 bits per heavy atom. The molecule has 3 N–H and O–H groups in total. The van der Waals surface area contributed by atoms with Gasteiger partial charge >= 0.3 is 5.97 Å². The van der Waals surface area contributed by atoms with Crippen LogP contribution in [-0.4, -0.2) is 61.1 Å². The summed E-state index contributed by atoms with van der Waals surface area (Å²) in [5.41, 5.74) is -0.999. The van der Waals surface area contributed by atoms with Crippen molar-refractivity contribution < 1.29 is 23.1 Å². The second-order valence-electron chi connectivity index (χ2n) is 8.70. The van der Waals surface area contributed by atoms with Crippen molar-refractivity contribution in [2.45, 2.75) is 36.7 Å². The van der Waals surface area contributed by atoms with E-state index in [0.29, 0.717) is 30.3 Å². The van der Waals surface area contributed by atoms with E-state index in [-0.39, 0.29) is 31.4 Å². The number of benzene rings is 2. The number of fused-ring (bicyclic) bond motifs is 1. The molecule has 2 heterocycles. The van der Waals surface area contributed by atoms with Crippen molar-refractivity contribution >= 4 is 24.3 Å². The van der Waals surface area contributed by atoms with Crippen molar-refractivity contribution in [1.29, 1.82) is 0 Å². The summed E-state index contributed by atoms with van der Waals surface area (Å²) >= 11 is 0. The Labute approximate surface area is 202 Å². The minimum atomic E-state index is -1.64. The van der Waals surface area contributed by atoms with Gasteiger partial charge < -0.3 is 20.7 Å². The van der Waals surface area contributed by atoms with Gasteiger partial charge in [-0.05, 0) is 37.1 Å². The molecule has 0 bridgehead atoms. The fourth-order valence-electron chi connectivity index (χ4n) is 4.74. The number of piperazine rings is 1. The lowest BCUT2D eigenvalue weighted by molar-refractivity contribution is -0.153. The predicted octanol–water partition coefficient (Wildman–Crippen LogP) is 1.66. The van der Waals surface area contributed by atoms with Crippen molar-refractivity contribution in [3.8, 4) is 0 Å². The van der Waals surface area contributed by atoms with Gasteiger partial charge in [-0.25, -0.2) is 13.7 Å². The van der Waals surface area contributed by atoms with Gasteiger partial charge in [0.15, 0.2) is 0 Å². The maximum atomic E-state index is 14.3. The minimum absolute atomic E-state index is 0. The Balaban J connectivity index is 0.00000274. The van der Waals surface area contributed by atoms with E-state index < -0.39 is 35.4 Å². The van der Waals surface area contributed by atoms with Crippen molar-refractivity contribution in [2.24, 2.45) is 0 Å². The van der Waals surface area contributed by atoms with E-state index >= 15 is 0 Å². The number of carbonyl (C=O) groups is 2. The van der Waals surface area contributed by atoms with Gasteiger partial charge in [-0.15, -0.1) is 12.4 Å². The zero-order valence-corrected chi connectivity index (χ0v) is 19.2. The number of nitrogens with zero attached hydrogens (tertiary/aromatic N) is 1. The quantitative estimate of drug-likeness (QED) is 0.403. The summed E-state index contributed by atoms with van der Waals surface area (Å²) in [7, 11) is 0. The molecular weight excluding hydrogens is 466 g/mol. The first-order valence-electron chi connectivity index (χ1n) is 11.2. The Hall–Kier alpha value is -2.59. The second kappa shape index (κ2) is 9.95. The molecule has 0 spiro atoms. The summed E-state index contributed by atoms with van der Waals surface area (Å²) in [6, 6.07) is 10.3. The van der Waals surface area contributed by atoms with Crippen LogP contribution in [0.1, 0.15) is 24.0 Å². The van der Waals surface area contributed by atoms with Gasteiger partial charge in [0.1, 0.15) is 23.7 Å². The Bertz CT molecular complexity index is 1020. The molecule has 1 saturated carbocycles. The van der Waals surface area contributed by atoms with E-state index in [4.69, 9.17) is 4.74 Å². The number of ether oxygens (including phenoxy) is 1. The first kappa shape index (κ1) is 24.5. The maximum Gasteiger partial charge on any atom is 0.327 e. The van der Waals surface area contributed by atoms with Crippen LogP contribution in [0, 0.1) is 11.6 Å². The Kier molecular flexibility index (Phi) is 7.18. The molecule has 10 heteroatoms. The van der Waals surface area contributed by atoms with Gasteiger partial charge in [-0.1, -0.05) is 24.3 Å². The Morgan fingerprint density at radius 2 is 1.71 bits per heavy atom. The molecule has 1 aliphatic carbocycles. The van der Waals surface area contributed by atoms with E-state index in [1.54, 1.807) is 17.0 Å². The molecule has 2 unspecified atom stereocenters. The second-order valence-corrected chi connectivity index (χ2v) is 8.70. The van der Waals surface area contributed by atoms with Gasteiger partial charge in [-0.3, -0.25) is 9.59 Å². The molecule has 2 saturated heterocycles. The number of nitrogens with one attached hydrogen (secondary N) is 3. The van der Waals surface area contributed by atoms with Crippen LogP contribution in [0.15, 0.2) is 48.5 Å². The monoisotopic (exact) mass is 492 g/mol. The number of amides is 1. The lowest BCUT2D eigenvalue weighted by Gasteiger charge is -2.44. The zero-order chi connectivity index (χ0) is 23.0. The molecule has 1 amide bonds. The van der Waals surface area contributed by atoms with Gasteiger partial charge in [0.05, 0.1) is 0 Å². The van der Waals surface area contributed by atoms with Gasteiger partial charge in [-0.2, -0.15) is 0 Å². The number of cyclic esters (lactones) is 1. The third kappa shape index (κ3) is 4.53. The highest BCUT2D eigenvalue weighted by Crippen LogP contribution is 2.46. The van der Waals surface area contributed by atoms with Crippen LogP contribution in [0.25, 0.3) is 0 Å². The SMILES string of the molecule is Cl.O=C(NCCNC1CC1)C1CNCC2C(=O)OC(c3cccc(F)c3)(c3cccc(F)c3)N12. The number of carbonyl (C=O) groups excluding carboxylic acids is 2. The molecule has 182 valence electrons. The third-order valence-corrected chi connectivity index (χ3v) is 6.40. The van der Waals surface area contributed by atoms with Crippen LogP contribution >= 0.6 is 12.4 Å². The van der Waals surface area contributed by atoms with Crippen LogP contribution in [0.5, 0.6) is 0 Å². The molecule has 34 heavy (non-hydrogen) atoms. The molecule has 0 radical (unpaired) electrons. The highest BCUT2D eigenvalue weighted by atomic mass is 35.5. The fraction of sp³-hybridized carbons (Fsp3) is 0.417. The van der Waals surface area contributed by atoms with Gasteiger partial charge in [0.2, 0.25) is 11.6 Å². The number of esters is 1. The summed E-state index contributed by atoms with van der Waals surface area (Å²) in [4.78, 5) is 27.9. The Morgan fingerprint density at radius 3 is 2.29 bits per heavy atom. The molecule has 3 aliphatic rings. The highest BCUT2D eigenvalue weighted by Gasteiger charge is 2.60. The summed E-state index contributed by atoms with van der Waals surface area (Å²) in [5, 5.41) is 9.40. The lowest BCUT2D eigenvalue weighted by atomic mass is 9.89. The average molecular weight is 493 g/mol. The minimum Gasteiger partial charge on any atom is -0.434 e. The summed E-state index contributed by atoms with van der Waals surface area (Å²) in [5.74, 6) is -1.88. The van der Waals surface area contributed by atoms with Crippen LogP contribution in [0.2, 0.25) is 0 Å². The highest BCUT2D eigenvalue weighted by molar-refractivity contribution is 5.86. The van der Waals surface area contributed by atoms with Crippen LogP contribution in [0.3, 0.4) is 0 Å². The van der Waals surface area contributed by atoms with Crippen molar-refractivity contribution in [1.82, 2.24) is 20.9 Å². The molecule has 2 aromatic carbocycles. The smallest absolute Gasteiger partial charge is 0.327 e. The normalized spacial score (nSPS) is 23.5. The predicted molar refractivity (Wildman–Crippen MR) is 123 cm³/mol.